The molecule has 1 saturated heterocycles. The highest BCUT2D eigenvalue weighted by Crippen LogP contribution is 2.42. The fourth-order valence-corrected chi connectivity index (χ4v) is 5.47. The number of hydrogen-bond donors (Lipinski definition) is 1. The summed E-state index contributed by atoms with van der Waals surface area (Å²) in [6, 6.07) is 4.81. The highest BCUT2D eigenvalue weighted by Gasteiger charge is 2.41. The van der Waals surface area contributed by atoms with Crippen LogP contribution < -0.4 is 5.32 Å². The van der Waals surface area contributed by atoms with Gasteiger partial charge in [-0.25, -0.2) is 0 Å². The topological polar surface area (TPSA) is 49.4 Å². The van der Waals surface area contributed by atoms with Gasteiger partial charge in [-0.1, -0.05) is 38.8 Å². The molecule has 1 heterocycles. The minimum atomic E-state index is -4.39. The number of benzene rings is 1. The van der Waals surface area contributed by atoms with Gasteiger partial charge in [-0.15, -0.1) is 11.8 Å². The first kappa shape index (κ1) is 23.7. The molecule has 4 nitrogen and oxygen atoms in total. The molecule has 170 valence electrons. The zero-order valence-electron chi connectivity index (χ0n) is 17.9. The summed E-state index contributed by atoms with van der Waals surface area (Å²) in [6.07, 6.45) is 2.05. The minimum Gasteiger partial charge on any atom is -0.355 e. The molecule has 2 amide bonds. The summed E-state index contributed by atoms with van der Waals surface area (Å²) in [5.74, 6) is 0.0977. The molecule has 0 aromatic heterocycles. The summed E-state index contributed by atoms with van der Waals surface area (Å²) < 4.78 is 38.4. The second-order valence-corrected chi connectivity index (χ2v) is 9.88. The third-order valence-corrected chi connectivity index (χ3v) is 7.11. The summed E-state index contributed by atoms with van der Waals surface area (Å²) in [4.78, 5) is 27.8. The van der Waals surface area contributed by atoms with Crippen molar-refractivity contribution in [2.75, 3.05) is 13.1 Å². The van der Waals surface area contributed by atoms with Crippen molar-refractivity contribution in [3.63, 3.8) is 0 Å². The molecule has 1 aromatic rings. The quantitative estimate of drug-likeness (QED) is 0.609. The molecule has 0 radical (unpaired) electrons. The van der Waals surface area contributed by atoms with E-state index < -0.39 is 11.7 Å². The summed E-state index contributed by atoms with van der Waals surface area (Å²) in [6.45, 7) is 4.77. The predicted molar refractivity (Wildman–Crippen MR) is 117 cm³/mol. The van der Waals surface area contributed by atoms with Crippen LogP contribution in [0.3, 0.4) is 0 Å². The maximum Gasteiger partial charge on any atom is 0.416 e. The Labute approximate surface area is 185 Å². The molecule has 1 aromatic carbocycles. The Morgan fingerprint density at radius 3 is 2.55 bits per heavy atom. The van der Waals surface area contributed by atoms with Crippen LogP contribution in [0.2, 0.25) is 0 Å². The van der Waals surface area contributed by atoms with Crippen molar-refractivity contribution in [3.8, 4) is 0 Å². The van der Waals surface area contributed by atoms with Crippen molar-refractivity contribution >= 4 is 29.7 Å². The van der Waals surface area contributed by atoms with Crippen molar-refractivity contribution in [2.45, 2.75) is 63.4 Å². The number of fused-ring (bicyclic) bond motifs is 1. The van der Waals surface area contributed by atoms with Gasteiger partial charge in [0.15, 0.2) is 0 Å². The van der Waals surface area contributed by atoms with Gasteiger partial charge in [-0.3, -0.25) is 9.59 Å². The van der Waals surface area contributed by atoms with Gasteiger partial charge in [-0.05, 0) is 49.0 Å². The summed E-state index contributed by atoms with van der Waals surface area (Å²) in [7, 11) is 0. The van der Waals surface area contributed by atoms with E-state index in [2.05, 4.69) is 19.2 Å². The van der Waals surface area contributed by atoms with Gasteiger partial charge in [0.2, 0.25) is 5.91 Å². The molecule has 0 bridgehead atoms. The van der Waals surface area contributed by atoms with Crippen molar-refractivity contribution < 1.29 is 22.8 Å². The van der Waals surface area contributed by atoms with Gasteiger partial charge < -0.3 is 10.2 Å². The Bertz CT molecular complexity index is 821. The fourth-order valence-electron chi connectivity index (χ4n) is 3.99. The van der Waals surface area contributed by atoms with Gasteiger partial charge in [0.1, 0.15) is 6.54 Å². The van der Waals surface area contributed by atoms with E-state index in [0.29, 0.717) is 22.9 Å². The van der Waals surface area contributed by atoms with E-state index in [9.17, 15) is 22.8 Å². The SMILES string of the molecule is CC(C)CCNC(=O)CN1C(=O)/C(=C/c2ccc(C(F)(F)F)cc2)SC2CCCCC21. The number of carbonyl (C=O) groups excluding carboxylic acids is 2. The van der Waals surface area contributed by atoms with Gasteiger partial charge >= 0.3 is 6.18 Å². The Morgan fingerprint density at radius 2 is 1.90 bits per heavy atom. The standard InChI is InChI=1S/C23H29F3N2O2S/c1-15(2)11-12-27-21(29)14-28-18-5-3-4-6-19(18)31-20(22(28)30)13-16-7-9-17(10-8-16)23(24,25)26/h7-10,13,15,18-19H,3-6,11-12,14H2,1-2H3,(H,27,29)/b20-13-. The van der Waals surface area contributed by atoms with Gasteiger partial charge in [-0.2, -0.15) is 13.2 Å². The Kier molecular flexibility index (Phi) is 7.73. The number of nitrogens with one attached hydrogen (secondary N) is 1. The normalized spacial score (nSPS) is 23.2. The largest absolute Gasteiger partial charge is 0.416 e. The third-order valence-electron chi connectivity index (χ3n) is 5.71. The van der Waals surface area contributed by atoms with E-state index in [1.54, 1.807) is 11.0 Å². The zero-order valence-corrected chi connectivity index (χ0v) is 18.7. The molecule has 31 heavy (non-hydrogen) atoms. The van der Waals surface area contributed by atoms with Crippen LogP contribution in [0.25, 0.3) is 6.08 Å². The molecule has 3 rings (SSSR count). The van der Waals surface area contributed by atoms with E-state index in [0.717, 1.165) is 44.2 Å². The molecule has 1 saturated carbocycles. The van der Waals surface area contributed by atoms with E-state index >= 15 is 0 Å². The number of amides is 2. The van der Waals surface area contributed by atoms with Crippen molar-refractivity contribution in [3.05, 3.63) is 40.3 Å². The molecule has 2 unspecified atom stereocenters. The fraction of sp³-hybridized carbons (Fsp3) is 0.565. The molecular weight excluding hydrogens is 425 g/mol. The smallest absolute Gasteiger partial charge is 0.355 e. The number of halogens is 3. The Morgan fingerprint density at radius 1 is 1.23 bits per heavy atom. The molecule has 1 aliphatic heterocycles. The molecule has 1 N–H and O–H groups in total. The monoisotopic (exact) mass is 454 g/mol. The molecular formula is C23H29F3N2O2S. The average Bonchev–Trinajstić information content (AvgIpc) is 2.70. The molecule has 1 aliphatic carbocycles. The number of alkyl halides is 3. The first-order valence-corrected chi connectivity index (χ1v) is 11.7. The minimum absolute atomic E-state index is 0.0169. The first-order chi connectivity index (χ1) is 14.6. The van der Waals surface area contributed by atoms with Crippen LogP contribution >= 0.6 is 11.8 Å². The maximum absolute atomic E-state index is 13.2. The van der Waals surface area contributed by atoms with E-state index in [1.165, 1.54) is 23.9 Å². The number of carbonyl (C=O) groups is 2. The predicted octanol–water partition coefficient (Wildman–Crippen LogP) is 5.10. The maximum atomic E-state index is 13.2. The Hall–Kier alpha value is -1.96. The lowest BCUT2D eigenvalue weighted by Gasteiger charge is -2.43. The van der Waals surface area contributed by atoms with Crippen molar-refractivity contribution in [1.82, 2.24) is 10.2 Å². The van der Waals surface area contributed by atoms with Crippen LogP contribution in [0, 0.1) is 5.92 Å². The second-order valence-electron chi connectivity index (χ2n) is 8.60. The average molecular weight is 455 g/mol. The van der Waals surface area contributed by atoms with Crippen molar-refractivity contribution in [1.29, 1.82) is 0 Å². The Balaban J connectivity index is 1.76. The highest BCUT2D eigenvalue weighted by molar-refractivity contribution is 8.04. The van der Waals surface area contributed by atoms with Gasteiger partial charge in [0.25, 0.3) is 5.91 Å². The number of thioether (sulfide) groups is 1. The van der Waals surface area contributed by atoms with Crippen LogP contribution in [0.1, 0.15) is 57.1 Å². The lowest BCUT2D eigenvalue weighted by Crippen LogP contribution is -2.54. The molecule has 2 atom stereocenters. The molecule has 8 heteroatoms. The van der Waals surface area contributed by atoms with E-state index in [-0.39, 0.29) is 29.7 Å². The van der Waals surface area contributed by atoms with Crippen LogP contribution in [-0.4, -0.2) is 41.1 Å². The number of hydrogen-bond acceptors (Lipinski definition) is 3. The zero-order chi connectivity index (χ0) is 22.6. The van der Waals surface area contributed by atoms with Crippen molar-refractivity contribution in [2.24, 2.45) is 5.92 Å². The van der Waals surface area contributed by atoms with Crippen LogP contribution in [-0.2, 0) is 15.8 Å². The summed E-state index contributed by atoms with van der Waals surface area (Å²) >= 11 is 1.50. The number of nitrogens with zero attached hydrogens (tertiary/aromatic N) is 1. The van der Waals surface area contributed by atoms with Crippen LogP contribution in [0.5, 0.6) is 0 Å². The van der Waals surface area contributed by atoms with E-state index in [4.69, 9.17) is 0 Å². The second kappa shape index (κ2) is 10.1. The summed E-state index contributed by atoms with van der Waals surface area (Å²) in [5, 5.41) is 3.10. The van der Waals surface area contributed by atoms with Gasteiger partial charge in [0, 0.05) is 17.8 Å². The van der Waals surface area contributed by atoms with Gasteiger partial charge in [0.05, 0.1) is 10.5 Å². The summed E-state index contributed by atoms with van der Waals surface area (Å²) in [5.41, 5.74) is -0.177. The molecule has 2 aliphatic rings. The lowest BCUT2D eigenvalue weighted by molar-refractivity contribution is -0.137. The highest BCUT2D eigenvalue weighted by atomic mass is 32.2. The first-order valence-electron chi connectivity index (χ1n) is 10.8. The third kappa shape index (κ3) is 6.28. The lowest BCUT2D eigenvalue weighted by atomic mass is 9.93. The van der Waals surface area contributed by atoms with Crippen LogP contribution in [0.4, 0.5) is 13.2 Å². The molecule has 0 spiro atoms. The van der Waals surface area contributed by atoms with Crippen LogP contribution in [0.15, 0.2) is 29.2 Å². The molecule has 2 fully saturated rings. The van der Waals surface area contributed by atoms with E-state index in [1.807, 2.05) is 0 Å². The number of rotatable bonds is 6.